The van der Waals surface area contributed by atoms with Crippen molar-refractivity contribution in [1.82, 2.24) is 10.3 Å². The SMILES string of the molecule is O=C(CCNc1ccc(Oc2ccccc2)cc1)NCCc1c[nH]c2ccccc12. The van der Waals surface area contributed by atoms with Crippen molar-refractivity contribution < 1.29 is 9.53 Å². The van der Waals surface area contributed by atoms with Crippen LogP contribution in [0.25, 0.3) is 10.9 Å². The van der Waals surface area contributed by atoms with Gasteiger partial charge < -0.3 is 20.4 Å². The number of hydrogen-bond acceptors (Lipinski definition) is 3. The number of fused-ring (bicyclic) bond motifs is 1. The maximum Gasteiger partial charge on any atom is 0.221 e. The molecule has 4 aromatic rings. The highest BCUT2D eigenvalue weighted by Gasteiger charge is 2.05. The van der Waals surface area contributed by atoms with Crippen LogP contribution in [0, 0.1) is 0 Å². The predicted octanol–water partition coefficient (Wildman–Crippen LogP) is 5.12. The third-order valence-corrected chi connectivity index (χ3v) is 4.91. The van der Waals surface area contributed by atoms with E-state index >= 15 is 0 Å². The van der Waals surface area contributed by atoms with E-state index in [1.165, 1.54) is 10.9 Å². The molecule has 5 nitrogen and oxygen atoms in total. The first-order chi connectivity index (χ1) is 14.8. The van der Waals surface area contributed by atoms with Crippen molar-refractivity contribution in [2.75, 3.05) is 18.4 Å². The Labute approximate surface area is 176 Å². The zero-order chi connectivity index (χ0) is 20.6. The number of carbonyl (C=O) groups is 1. The molecule has 0 saturated heterocycles. The van der Waals surface area contributed by atoms with Crippen LogP contribution in [0.5, 0.6) is 11.5 Å². The normalized spacial score (nSPS) is 10.7. The lowest BCUT2D eigenvalue weighted by atomic mass is 10.1. The number of aromatic amines is 1. The molecule has 0 atom stereocenters. The summed E-state index contributed by atoms with van der Waals surface area (Å²) >= 11 is 0. The Hall–Kier alpha value is -3.73. The van der Waals surface area contributed by atoms with Crippen molar-refractivity contribution in [3.8, 4) is 11.5 Å². The number of nitrogens with one attached hydrogen (secondary N) is 3. The molecule has 0 fully saturated rings. The molecule has 0 aliphatic rings. The number of para-hydroxylation sites is 2. The molecule has 30 heavy (non-hydrogen) atoms. The van der Waals surface area contributed by atoms with E-state index in [2.05, 4.69) is 27.8 Å². The van der Waals surface area contributed by atoms with Gasteiger partial charge in [-0.05, 0) is 54.4 Å². The summed E-state index contributed by atoms with van der Waals surface area (Å²) in [5, 5.41) is 7.48. The lowest BCUT2D eigenvalue weighted by molar-refractivity contribution is -0.120. The number of carbonyl (C=O) groups excluding carboxylic acids is 1. The van der Waals surface area contributed by atoms with E-state index in [1.807, 2.05) is 72.9 Å². The van der Waals surface area contributed by atoms with Gasteiger partial charge in [-0.25, -0.2) is 0 Å². The van der Waals surface area contributed by atoms with Crippen LogP contribution < -0.4 is 15.4 Å². The third-order valence-electron chi connectivity index (χ3n) is 4.91. The second-order valence-corrected chi connectivity index (χ2v) is 7.08. The van der Waals surface area contributed by atoms with Gasteiger partial charge in [0.1, 0.15) is 11.5 Å². The van der Waals surface area contributed by atoms with Crippen LogP contribution in [0.3, 0.4) is 0 Å². The van der Waals surface area contributed by atoms with Crippen LogP contribution >= 0.6 is 0 Å². The largest absolute Gasteiger partial charge is 0.457 e. The molecule has 3 N–H and O–H groups in total. The summed E-state index contributed by atoms with van der Waals surface area (Å²) in [6.45, 7) is 1.21. The summed E-state index contributed by atoms with van der Waals surface area (Å²) in [6, 6.07) is 25.6. The smallest absolute Gasteiger partial charge is 0.221 e. The van der Waals surface area contributed by atoms with Gasteiger partial charge in [-0.2, -0.15) is 0 Å². The van der Waals surface area contributed by atoms with E-state index in [9.17, 15) is 4.79 Å². The van der Waals surface area contributed by atoms with E-state index in [-0.39, 0.29) is 5.91 Å². The average molecular weight is 399 g/mol. The first-order valence-corrected chi connectivity index (χ1v) is 10.2. The highest BCUT2D eigenvalue weighted by atomic mass is 16.5. The average Bonchev–Trinajstić information content (AvgIpc) is 3.19. The van der Waals surface area contributed by atoms with Gasteiger partial charge in [-0.1, -0.05) is 36.4 Å². The Morgan fingerprint density at radius 2 is 1.57 bits per heavy atom. The fourth-order valence-electron chi connectivity index (χ4n) is 3.35. The highest BCUT2D eigenvalue weighted by Crippen LogP contribution is 2.22. The van der Waals surface area contributed by atoms with Crippen LogP contribution in [0.15, 0.2) is 85.1 Å². The molecule has 0 bridgehead atoms. The Kier molecular flexibility index (Phi) is 6.30. The van der Waals surface area contributed by atoms with Crippen molar-refractivity contribution >= 4 is 22.5 Å². The molecule has 3 aromatic carbocycles. The Morgan fingerprint density at radius 3 is 2.40 bits per heavy atom. The molecular formula is C25H25N3O2. The molecule has 1 amide bonds. The summed E-state index contributed by atoms with van der Waals surface area (Å²) in [7, 11) is 0. The zero-order valence-corrected chi connectivity index (χ0v) is 16.7. The minimum atomic E-state index is 0.0476. The van der Waals surface area contributed by atoms with Crippen LogP contribution in [-0.2, 0) is 11.2 Å². The van der Waals surface area contributed by atoms with Gasteiger partial charge >= 0.3 is 0 Å². The summed E-state index contributed by atoms with van der Waals surface area (Å²) in [5.41, 5.74) is 3.31. The molecule has 4 rings (SSSR count). The van der Waals surface area contributed by atoms with Gasteiger partial charge in [0.15, 0.2) is 0 Å². The molecule has 1 aromatic heterocycles. The van der Waals surface area contributed by atoms with Crippen LogP contribution in [0.2, 0.25) is 0 Å². The number of rotatable bonds is 9. The molecule has 0 spiro atoms. The second-order valence-electron chi connectivity index (χ2n) is 7.08. The van der Waals surface area contributed by atoms with Gasteiger partial charge in [-0.15, -0.1) is 0 Å². The number of benzene rings is 3. The van der Waals surface area contributed by atoms with Crippen LogP contribution in [0.4, 0.5) is 5.69 Å². The Bertz CT molecular complexity index is 1090. The van der Waals surface area contributed by atoms with Gasteiger partial charge in [-0.3, -0.25) is 4.79 Å². The molecule has 5 heteroatoms. The maximum atomic E-state index is 12.1. The summed E-state index contributed by atoms with van der Waals surface area (Å²) in [5.74, 6) is 1.63. The lowest BCUT2D eigenvalue weighted by Crippen LogP contribution is -2.27. The van der Waals surface area contributed by atoms with E-state index in [4.69, 9.17) is 4.74 Å². The standard InChI is InChI=1S/C25H25N3O2/c29-25(27-16-14-19-18-28-24-9-5-4-8-23(19)24)15-17-26-20-10-12-22(13-11-20)30-21-6-2-1-3-7-21/h1-13,18,26,28H,14-17H2,(H,27,29). The van der Waals surface area contributed by atoms with Crippen molar-refractivity contribution in [3.05, 3.63) is 90.6 Å². The predicted molar refractivity (Wildman–Crippen MR) is 121 cm³/mol. The number of amides is 1. The molecule has 152 valence electrons. The lowest BCUT2D eigenvalue weighted by Gasteiger charge is -2.09. The molecule has 0 saturated carbocycles. The number of H-pyrrole nitrogens is 1. The minimum Gasteiger partial charge on any atom is -0.457 e. The van der Waals surface area contributed by atoms with Crippen molar-refractivity contribution in [3.63, 3.8) is 0 Å². The van der Waals surface area contributed by atoms with Crippen molar-refractivity contribution in [2.45, 2.75) is 12.8 Å². The molecule has 0 unspecified atom stereocenters. The van der Waals surface area contributed by atoms with Crippen molar-refractivity contribution in [1.29, 1.82) is 0 Å². The van der Waals surface area contributed by atoms with Gasteiger partial charge in [0, 0.05) is 42.3 Å². The van der Waals surface area contributed by atoms with Gasteiger partial charge in [0.05, 0.1) is 0 Å². The Morgan fingerprint density at radius 1 is 0.833 bits per heavy atom. The first kappa shape index (κ1) is 19.6. The van der Waals surface area contributed by atoms with E-state index in [0.717, 1.165) is 29.1 Å². The fourth-order valence-corrected chi connectivity index (χ4v) is 3.35. The monoisotopic (exact) mass is 399 g/mol. The van der Waals surface area contributed by atoms with Crippen LogP contribution in [0.1, 0.15) is 12.0 Å². The van der Waals surface area contributed by atoms with Gasteiger partial charge in [0.2, 0.25) is 5.91 Å². The van der Waals surface area contributed by atoms with E-state index in [0.29, 0.717) is 19.5 Å². The Balaban J connectivity index is 1.16. The molecule has 0 radical (unpaired) electrons. The minimum absolute atomic E-state index is 0.0476. The molecule has 0 aliphatic carbocycles. The van der Waals surface area contributed by atoms with Crippen molar-refractivity contribution in [2.24, 2.45) is 0 Å². The number of ether oxygens (including phenoxy) is 1. The van der Waals surface area contributed by atoms with Crippen LogP contribution in [-0.4, -0.2) is 24.0 Å². The molecule has 0 aliphatic heterocycles. The third kappa shape index (κ3) is 5.20. The van der Waals surface area contributed by atoms with E-state index in [1.54, 1.807) is 0 Å². The number of hydrogen-bond donors (Lipinski definition) is 3. The van der Waals surface area contributed by atoms with Gasteiger partial charge in [0.25, 0.3) is 0 Å². The fraction of sp³-hybridized carbons (Fsp3) is 0.160. The second kappa shape index (κ2) is 9.65. The highest BCUT2D eigenvalue weighted by molar-refractivity contribution is 5.83. The quantitative estimate of drug-likeness (QED) is 0.366. The molecule has 1 heterocycles. The number of aromatic nitrogens is 1. The topological polar surface area (TPSA) is 66.2 Å². The summed E-state index contributed by atoms with van der Waals surface area (Å²) < 4.78 is 5.78. The maximum absolute atomic E-state index is 12.1. The first-order valence-electron chi connectivity index (χ1n) is 10.2. The zero-order valence-electron chi connectivity index (χ0n) is 16.7. The summed E-state index contributed by atoms with van der Waals surface area (Å²) in [6.07, 6.45) is 3.26. The summed E-state index contributed by atoms with van der Waals surface area (Å²) in [4.78, 5) is 15.4. The number of anilines is 1. The van der Waals surface area contributed by atoms with E-state index < -0.39 is 0 Å². The molecular weight excluding hydrogens is 374 g/mol.